The molecule has 86 valence electrons. The highest BCUT2D eigenvalue weighted by Crippen LogP contribution is 2.32. The molecule has 0 aliphatic heterocycles. The Labute approximate surface area is 94.9 Å². The molecular weight excluding hydrogens is 200 g/mol. The minimum Gasteiger partial charge on any atom is -0.385 e. The summed E-state index contributed by atoms with van der Waals surface area (Å²) in [5.74, 6) is 0. The Morgan fingerprint density at radius 3 is 2.33 bits per heavy atom. The normalized spacial score (nSPS) is 19.1. The SMILES string of the molecule is C=CC(O)C(C[Si](C)(C)C)=C1CCCC1. The molecule has 0 radical (unpaired) electrons. The minimum absolute atomic E-state index is 0.398. The smallest absolute Gasteiger partial charge is 0.0929 e. The first-order valence-corrected chi connectivity index (χ1v) is 9.66. The molecule has 1 aliphatic rings. The Morgan fingerprint density at radius 1 is 1.40 bits per heavy atom. The zero-order valence-corrected chi connectivity index (χ0v) is 11.3. The number of hydrogen-bond acceptors (Lipinski definition) is 1. The lowest BCUT2D eigenvalue weighted by Gasteiger charge is -2.23. The van der Waals surface area contributed by atoms with Crippen molar-refractivity contribution in [2.75, 3.05) is 0 Å². The van der Waals surface area contributed by atoms with Crippen LogP contribution in [0.15, 0.2) is 23.8 Å². The number of aliphatic hydroxyl groups is 1. The summed E-state index contributed by atoms with van der Waals surface area (Å²) in [6, 6.07) is 1.12. The number of allylic oxidation sites excluding steroid dienone is 1. The standard InChI is InChI=1S/C13H24OSi/c1-5-13(14)12(10-15(2,3)4)11-8-6-7-9-11/h5,13-14H,1,6-10H2,2-4H3. The maximum Gasteiger partial charge on any atom is 0.0929 e. The number of hydrogen-bond donors (Lipinski definition) is 1. The highest BCUT2D eigenvalue weighted by atomic mass is 28.3. The number of rotatable bonds is 4. The summed E-state index contributed by atoms with van der Waals surface area (Å²) in [5, 5.41) is 9.99. The van der Waals surface area contributed by atoms with Crippen molar-refractivity contribution < 1.29 is 5.11 Å². The topological polar surface area (TPSA) is 20.2 Å². The van der Waals surface area contributed by atoms with E-state index in [1.807, 2.05) is 0 Å². The zero-order chi connectivity index (χ0) is 11.5. The highest BCUT2D eigenvalue weighted by molar-refractivity contribution is 6.76. The Balaban J connectivity index is 2.87. The molecule has 0 aromatic heterocycles. The van der Waals surface area contributed by atoms with Crippen LogP contribution in [0.3, 0.4) is 0 Å². The Morgan fingerprint density at radius 2 is 1.93 bits per heavy atom. The molecule has 1 unspecified atom stereocenters. The predicted molar refractivity (Wildman–Crippen MR) is 69.9 cm³/mol. The third-order valence-corrected chi connectivity index (χ3v) is 4.40. The lowest BCUT2D eigenvalue weighted by molar-refractivity contribution is 0.257. The van der Waals surface area contributed by atoms with Crippen LogP contribution in [-0.2, 0) is 0 Å². The molecule has 0 saturated heterocycles. The average Bonchev–Trinajstić information content (AvgIpc) is 2.64. The van der Waals surface area contributed by atoms with E-state index < -0.39 is 14.2 Å². The van der Waals surface area contributed by atoms with Gasteiger partial charge in [-0.1, -0.05) is 31.3 Å². The molecule has 0 aromatic carbocycles. The van der Waals surface area contributed by atoms with Gasteiger partial charge in [-0.05, 0) is 37.3 Å². The summed E-state index contributed by atoms with van der Waals surface area (Å²) in [4.78, 5) is 0. The fraction of sp³-hybridized carbons (Fsp3) is 0.692. The van der Waals surface area contributed by atoms with E-state index in [-0.39, 0.29) is 0 Å². The van der Waals surface area contributed by atoms with Crippen molar-refractivity contribution in [3.63, 3.8) is 0 Å². The second-order valence-electron chi connectivity index (χ2n) is 5.75. The second kappa shape index (κ2) is 5.13. The van der Waals surface area contributed by atoms with Crippen molar-refractivity contribution in [3.8, 4) is 0 Å². The van der Waals surface area contributed by atoms with Crippen LogP contribution in [0.4, 0.5) is 0 Å². The van der Waals surface area contributed by atoms with Crippen molar-refractivity contribution in [3.05, 3.63) is 23.8 Å². The van der Waals surface area contributed by atoms with Crippen LogP contribution < -0.4 is 0 Å². The summed E-state index contributed by atoms with van der Waals surface area (Å²) in [6.45, 7) is 10.8. The summed E-state index contributed by atoms with van der Waals surface area (Å²) < 4.78 is 0. The van der Waals surface area contributed by atoms with Crippen molar-refractivity contribution in [1.29, 1.82) is 0 Å². The van der Waals surface area contributed by atoms with Gasteiger partial charge in [0.1, 0.15) is 0 Å². The molecule has 1 saturated carbocycles. The molecule has 0 bridgehead atoms. The van der Waals surface area contributed by atoms with E-state index in [4.69, 9.17) is 0 Å². The molecule has 2 heteroatoms. The van der Waals surface area contributed by atoms with E-state index in [2.05, 4.69) is 26.2 Å². The van der Waals surface area contributed by atoms with Crippen molar-refractivity contribution in [2.24, 2.45) is 0 Å². The van der Waals surface area contributed by atoms with Gasteiger partial charge in [-0.2, -0.15) is 0 Å². The van der Waals surface area contributed by atoms with Crippen molar-refractivity contribution in [1.82, 2.24) is 0 Å². The fourth-order valence-corrected chi connectivity index (χ4v) is 3.88. The third kappa shape index (κ3) is 3.96. The van der Waals surface area contributed by atoms with E-state index in [1.54, 1.807) is 6.08 Å². The molecule has 1 N–H and O–H groups in total. The number of aliphatic hydroxyl groups excluding tert-OH is 1. The Kier molecular flexibility index (Phi) is 4.35. The minimum atomic E-state index is -1.13. The van der Waals surface area contributed by atoms with Crippen LogP contribution in [0, 0.1) is 0 Å². The highest BCUT2D eigenvalue weighted by Gasteiger charge is 2.23. The summed E-state index contributed by atoms with van der Waals surface area (Å²) in [7, 11) is -1.13. The first kappa shape index (κ1) is 12.7. The van der Waals surface area contributed by atoms with Crippen LogP contribution in [0.2, 0.25) is 25.7 Å². The molecule has 1 rings (SSSR count). The molecule has 0 spiro atoms. The average molecular weight is 224 g/mol. The lowest BCUT2D eigenvalue weighted by atomic mass is 10.0. The van der Waals surface area contributed by atoms with Crippen molar-refractivity contribution in [2.45, 2.75) is 57.5 Å². The first-order chi connectivity index (χ1) is 6.94. The summed E-state index contributed by atoms with van der Waals surface area (Å²) in [6.07, 6.45) is 6.28. The van der Waals surface area contributed by atoms with Gasteiger partial charge in [0.05, 0.1) is 6.10 Å². The maximum absolute atomic E-state index is 9.99. The zero-order valence-electron chi connectivity index (χ0n) is 10.3. The van der Waals surface area contributed by atoms with E-state index >= 15 is 0 Å². The van der Waals surface area contributed by atoms with Gasteiger partial charge in [-0.25, -0.2) is 0 Å². The third-order valence-electron chi connectivity index (χ3n) is 2.96. The van der Waals surface area contributed by atoms with Crippen LogP contribution in [-0.4, -0.2) is 19.3 Å². The van der Waals surface area contributed by atoms with Gasteiger partial charge in [0.25, 0.3) is 0 Å². The van der Waals surface area contributed by atoms with Gasteiger partial charge in [0.15, 0.2) is 0 Å². The molecule has 0 aromatic rings. The van der Waals surface area contributed by atoms with E-state index in [0.717, 1.165) is 6.04 Å². The van der Waals surface area contributed by atoms with Crippen LogP contribution in [0.1, 0.15) is 25.7 Å². The monoisotopic (exact) mass is 224 g/mol. The quantitative estimate of drug-likeness (QED) is 0.570. The fourth-order valence-electron chi connectivity index (χ4n) is 2.28. The molecule has 1 fully saturated rings. The molecular formula is C13H24OSi. The van der Waals surface area contributed by atoms with Gasteiger partial charge in [0.2, 0.25) is 0 Å². The van der Waals surface area contributed by atoms with Gasteiger partial charge in [-0.3, -0.25) is 0 Å². The van der Waals surface area contributed by atoms with Crippen molar-refractivity contribution >= 4 is 8.07 Å². The Bertz CT molecular complexity index is 252. The van der Waals surface area contributed by atoms with E-state index in [0.29, 0.717) is 0 Å². The van der Waals surface area contributed by atoms with Crippen LogP contribution in [0.5, 0.6) is 0 Å². The molecule has 15 heavy (non-hydrogen) atoms. The largest absolute Gasteiger partial charge is 0.385 e. The van der Waals surface area contributed by atoms with E-state index in [9.17, 15) is 5.11 Å². The van der Waals surface area contributed by atoms with Crippen LogP contribution in [0.25, 0.3) is 0 Å². The van der Waals surface area contributed by atoms with Gasteiger partial charge in [-0.15, -0.1) is 6.58 Å². The van der Waals surface area contributed by atoms with Gasteiger partial charge in [0, 0.05) is 8.07 Å². The molecule has 0 amide bonds. The summed E-state index contributed by atoms with van der Waals surface area (Å²) >= 11 is 0. The second-order valence-corrected chi connectivity index (χ2v) is 11.2. The predicted octanol–water partition coefficient (Wildman–Crippen LogP) is 3.74. The van der Waals surface area contributed by atoms with Gasteiger partial charge < -0.3 is 5.11 Å². The van der Waals surface area contributed by atoms with E-state index in [1.165, 1.54) is 36.8 Å². The maximum atomic E-state index is 9.99. The molecule has 0 heterocycles. The molecule has 1 nitrogen and oxygen atoms in total. The molecule has 1 aliphatic carbocycles. The van der Waals surface area contributed by atoms with Gasteiger partial charge >= 0.3 is 0 Å². The Hall–Kier alpha value is -0.343. The first-order valence-electron chi connectivity index (χ1n) is 5.95. The van der Waals surface area contributed by atoms with Crippen LogP contribution >= 0.6 is 0 Å². The lowest BCUT2D eigenvalue weighted by Crippen LogP contribution is -2.24. The molecule has 1 atom stereocenters. The summed E-state index contributed by atoms with van der Waals surface area (Å²) in [5.41, 5.74) is 2.81.